The normalized spacial score (nSPS) is 10.0. The molecule has 1 aromatic rings. The van der Waals surface area contributed by atoms with Crippen molar-refractivity contribution in [2.75, 3.05) is 17.3 Å². The molecule has 0 bridgehead atoms. The van der Waals surface area contributed by atoms with E-state index in [1.165, 1.54) is 6.07 Å². The molecule has 17 heavy (non-hydrogen) atoms. The number of thioether (sulfide) groups is 1. The molecule has 4 nitrogen and oxygen atoms in total. The number of halogens is 1. The van der Waals surface area contributed by atoms with Crippen LogP contribution in [0.5, 0.6) is 0 Å². The average Bonchev–Trinajstić information content (AvgIpc) is 2.26. The Morgan fingerprint density at radius 3 is 2.76 bits per heavy atom. The van der Waals surface area contributed by atoms with E-state index in [-0.39, 0.29) is 11.5 Å². The largest absolute Gasteiger partial charge is 0.478 e. The fraction of sp³-hybridized carbons (Fsp3) is 0.273. The van der Waals surface area contributed by atoms with Crippen LogP contribution in [0.3, 0.4) is 0 Å². The minimum absolute atomic E-state index is 0.0886. The lowest BCUT2D eigenvalue weighted by Crippen LogP contribution is -2.15. The Morgan fingerprint density at radius 2 is 2.18 bits per heavy atom. The quantitative estimate of drug-likeness (QED) is 0.876. The molecular formula is C11H12BrNO3S. The molecule has 0 unspecified atom stereocenters. The number of amides is 1. The van der Waals surface area contributed by atoms with Gasteiger partial charge in [-0.25, -0.2) is 4.79 Å². The van der Waals surface area contributed by atoms with Crippen molar-refractivity contribution in [1.82, 2.24) is 0 Å². The van der Waals surface area contributed by atoms with Gasteiger partial charge in [0, 0.05) is 16.6 Å². The van der Waals surface area contributed by atoms with E-state index in [0.29, 0.717) is 17.9 Å². The van der Waals surface area contributed by atoms with Crippen molar-refractivity contribution in [3.05, 3.63) is 28.2 Å². The maximum Gasteiger partial charge on any atom is 0.337 e. The SMILES string of the molecule is CSCCC(=O)Nc1cc(Br)ccc1C(=O)O. The standard InChI is InChI=1S/C11H12BrNO3S/c1-17-5-4-10(14)13-9-6-7(12)2-3-8(9)11(15)16/h2-3,6H,4-5H2,1H3,(H,13,14)(H,15,16). The Morgan fingerprint density at radius 1 is 1.47 bits per heavy atom. The van der Waals surface area contributed by atoms with E-state index in [4.69, 9.17) is 5.11 Å². The predicted octanol–water partition coefficient (Wildman–Crippen LogP) is 2.84. The summed E-state index contributed by atoms with van der Waals surface area (Å²) in [5.41, 5.74) is 0.406. The zero-order valence-electron chi connectivity index (χ0n) is 9.20. The summed E-state index contributed by atoms with van der Waals surface area (Å²) < 4.78 is 0.725. The third-order valence-corrected chi connectivity index (χ3v) is 3.12. The number of carboxylic acids is 1. The summed E-state index contributed by atoms with van der Waals surface area (Å²) in [6, 6.07) is 4.66. The highest BCUT2D eigenvalue weighted by Gasteiger charge is 2.12. The Bertz CT molecular complexity index is 437. The lowest BCUT2D eigenvalue weighted by atomic mass is 10.2. The van der Waals surface area contributed by atoms with E-state index in [1.807, 2.05) is 6.26 Å². The molecule has 1 aromatic carbocycles. The second-order valence-corrected chi connectivity index (χ2v) is 5.19. The minimum atomic E-state index is -1.06. The number of nitrogens with one attached hydrogen (secondary N) is 1. The molecule has 0 fully saturated rings. The van der Waals surface area contributed by atoms with Crippen LogP contribution in [0.2, 0.25) is 0 Å². The van der Waals surface area contributed by atoms with Gasteiger partial charge in [-0.05, 0) is 24.5 Å². The van der Waals surface area contributed by atoms with Gasteiger partial charge in [0.15, 0.2) is 0 Å². The van der Waals surface area contributed by atoms with E-state index >= 15 is 0 Å². The summed E-state index contributed by atoms with van der Waals surface area (Å²) in [6.45, 7) is 0. The molecule has 0 spiro atoms. The van der Waals surface area contributed by atoms with Crippen molar-refractivity contribution in [1.29, 1.82) is 0 Å². The topological polar surface area (TPSA) is 66.4 Å². The van der Waals surface area contributed by atoms with Gasteiger partial charge in [-0.2, -0.15) is 11.8 Å². The number of carbonyl (C=O) groups excluding carboxylic acids is 1. The Hall–Kier alpha value is -1.01. The summed E-state index contributed by atoms with van der Waals surface area (Å²) in [7, 11) is 0. The van der Waals surface area contributed by atoms with Crippen molar-refractivity contribution in [3.63, 3.8) is 0 Å². The first-order valence-electron chi connectivity index (χ1n) is 4.86. The Balaban J connectivity index is 2.85. The summed E-state index contributed by atoms with van der Waals surface area (Å²) in [6.07, 6.45) is 2.28. The van der Waals surface area contributed by atoms with Gasteiger partial charge in [-0.3, -0.25) is 4.79 Å². The van der Waals surface area contributed by atoms with Crippen molar-refractivity contribution in [2.45, 2.75) is 6.42 Å². The van der Waals surface area contributed by atoms with Gasteiger partial charge in [0.1, 0.15) is 0 Å². The molecule has 92 valence electrons. The van der Waals surface area contributed by atoms with Crippen LogP contribution >= 0.6 is 27.7 Å². The first kappa shape index (κ1) is 14.1. The van der Waals surface area contributed by atoms with Crippen molar-refractivity contribution in [3.8, 4) is 0 Å². The highest BCUT2D eigenvalue weighted by molar-refractivity contribution is 9.10. The van der Waals surface area contributed by atoms with Crippen molar-refractivity contribution < 1.29 is 14.7 Å². The van der Waals surface area contributed by atoms with Crippen LogP contribution in [0.1, 0.15) is 16.8 Å². The zero-order chi connectivity index (χ0) is 12.8. The van der Waals surface area contributed by atoms with Gasteiger partial charge < -0.3 is 10.4 Å². The summed E-state index contributed by atoms with van der Waals surface area (Å²) in [4.78, 5) is 22.5. The number of hydrogen-bond acceptors (Lipinski definition) is 3. The number of benzene rings is 1. The summed E-state index contributed by atoms with van der Waals surface area (Å²) >= 11 is 4.81. The summed E-state index contributed by atoms with van der Waals surface area (Å²) in [5, 5.41) is 11.6. The Kier molecular flexibility index (Phi) is 5.50. The smallest absolute Gasteiger partial charge is 0.337 e. The number of carbonyl (C=O) groups is 2. The fourth-order valence-corrected chi connectivity index (χ4v) is 1.96. The molecule has 0 aliphatic rings. The average molecular weight is 318 g/mol. The molecule has 0 saturated carbocycles. The van der Waals surface area contributed by atoms with Gasteiger partial charge in [-0.1, -0.05) is 15.9 Å². The minimum Gasteiger partial charge on any atom is -0.478 e. The molecule has 1 rings (SSSR count). The highest BCUT2D eigenvalue weighted by Crippen LogP contribution is 2.21. The maximum atomic E-state index is 11.5. The third-order valence-electron chi connectivity index (χ3n) is 2.02. The first-order chi connectivity index (χ1) is 8.04. The van der Waals surface area contributed by atoms with Gasteiger partial charge >= 0.3 is 5.97 Å². The third kappa shape index (κ3) is 4.40. The van der Waals surface area contributed by atoms with Crippen LogP contribution in [0.4, 0.5) is 5.69 Å². The van der Waals surface area contributed by atoms with Crippen molar-refractivity contribution >= 4 is 45.3 Å². The molecule has 0 aliphatic heterocycles. The van der Waals surface area contributed by atoms with Crippen LogP contribution in [0.15, 0.2) is 22.7 Å². The molecule has 0 heterocycles. The monoisotopic (exact) mass is 317 g/mol. The molecule has 0 aromatic heterocycles. The van der Waals surface area contributed by atoms with Crippen LogP contribution in [0, 0.1) is 0 Å². The van der Waals surface area contributed by atoms with Crippen LogP contribution < -0.4 is 5.32 Å². The van der Waals surface area contributed by atoms with Gasteiger partial charge in [0.2, 0.25) is 5.91 Å². The second-order valence-electron chi connectivity index (χ2n) is 3.29. The van der Waals surface area contributed by atoms with Crippen LogP contribution in [-0.4, -0.2) is 29.0 Å². The Labute approximate surface area is 112 Å². The molecule has 0 aliphatic carbocycles. The molecule has 0 atom stereocenters. The number of anilines is 1. The molecule has 2 N–H and O–H groups in total. The fourth-order valence-electron chi connectivity index (χ4n) is 1.21. The molecular weight excluding hydrogens is 306 g/mol. The first-order valence-corrected chi connectivity index (χ1v) is 7.05. The summed E-state index contributed by atoms with van der Waals surface area (Å²) in [5.74, 6) is -0.528. The number of hydrogen-bond donors (Lipinski definition) is 2. The zero-order valence-corrected chi connectivity index (χ0v) is 11.6. The van der Waals surface area contributed by atoms with Gasteiger partial charge in [0.25, 0.3) is 0 Å². The highest BCUT2D eigenvalue weighted by atomic mass is 79.9. The van der Waals surface area contributed by atoms with Crippen LogP contribution in [0.25, 0.3) is 0 Å². The second kappa shape index (κ2) is 6.66. The van der Waals surface area contributed by atoms with E-state index in [2.05, 4.69) is 21.2 Å². The van der Waals surface area contributed by atoms with E-state index in [0.717, 1.165) is 4.47 Å². The van der Waals surface area contributed by atoms with Crippen LogP contribution in [-0.2, 0) is 4.79 Å². The molecule has 0 radical (unpaired) electrons. The molecule has 1 amide bonds. The lowest BCUT2D eigenvalue weighted by Gasteiger charge is -2.08. The van der Waals surface area contributed by atoms with Gasteiger partial charge in [0.05, 0.1) is 11.3 Å². The van der Waals surface area contributed by atoms with Crippen molar-refractivity contribution in [2.24, 2.45) is 0 Å². The molecule has 6 heteroatoms. The maximum absolute atomic E-state index is 11.5. The lowest BCUT2D eigenvalue weighted by molar-refractivity contribution is -0.115. The predicted molar refractivity (Wildman–Crippen MR) is 72.7 cm³/mol. The van der Waals surface area contributed by atoms with E-state index in [1.54, 1.807) is 23.9 Å². The number of aromatic carboxylic acids is 1. The van der Waals surface area contributed by atoms with Gasteiger partial charge in [-0.15, -0.1) is 0 Å². The number of rotatable bonds is 5. The molecule has 0 saturated heterocycles. The van der Waals surface area contributed by atoms with E-state index < -0.39 is 5.97 Å². The number of carboxylic acid groups (broad SMARTS) is 1. The van der Waals surface area contributed by atoms with E-state index in [9.17, 15) is 9.59 Å².